The standard InChI is InChI=1S/C30H45N3O5/c1-5-6-7-29-24(18-34)13-25(38-29)10-8-22-9-11-28(36)30(12-22)37-19-27(31-4)26-14-23(17-33-26)20(2)15-32-16-21(3)35/h9,11-14,17,20-21,27,29,31-32,34-36H,5-8,10,15-16,18-19H2,1-4H3. The second-order valence-electron chi connectivity index (χ2n) is 10.3. The molecule has 5 N–H and O–H groups in total. The van der Waals surface area contributed by atoms with Gasteiger partial charge in [0.15, 0.2) is 23.8 Å². The van der Waals surface area contributed by atoms with E-state index in [1.54, 1.807) is 13.0 Å². The maximum Gasteiger partial charge on any atom is 0.176 e. The fraction of sp³-hybridized carbons (Fsp3) is 0.567. The van der Waals surface area contributed by atoms with E-state index >= 15 is 0 Å². The molecule has 3 rings (SSSR count). The van der Waals surface area contributed by atoms with E-state index in [0.717, 1.165) is 67.5 Å². The second-order valence-corrected chi connectivity index (χ2v) is 10.3. The van der Waals surface area contributed by atoms with Crippen LogP contribution in [0.5, 0.6) is 11.5 Å². The molecule has 8 heteroatoms. The van der Waals surface area contributed by atoms with Crippen LogP contribution in [0, 0.1) is 18.1 Å². The summed E-state index contributed by atoms with van der Waals surface area (Å²) < 4.78 is 12.1. The van der Waals surface area contributed by atoms with Crippen LogP contribution in [-0.4, -0.2) is 73.1 Å². The number of phenolic OH excluding ortho intramolecular Hbond substituents is 1. The molecule has 210 valence electrons. The van der Waals surface area contributed by atoms with Gasteiger partial charge in [0, 0.05) is 25.8 Å². The van der Waals surface area contributed by atoms with Crippen molar-refractivity contribution in [2.75, 3.05) is 33.4 Å². The predicted molar refractivity (Wildman–Crippen MR) is 151 cm³/mol. The molecule has 0 saturated carbocycles. The lowest BCUT2D eigenvalue weighted by molar-refractivity contribution is 0.103. The molecule has 0 bridgehead atoms. The molecule has 0 fully saturated rings. The lowest BCUT2D eigenvalue weighted by atomic mass is 10.00. The molecule has 0 aliphatic carbocycles. The molecule has 1 aromatic rings. The Morgan fingerprint density at radius 3 is 2.79 bits per heavy atom. The van der Waals surface area contributed by atoms with Gasteiger partial charge in [-0.2, -0.15) is 11.6 Å². The summed E-state index contributed by atoms with van der Waals surface area (Å²) in [5.74, 6) is 0.806. The number of aliphatic hydroxyl groups is 2. The predicted octanol–water partition coefficient (Wildman–Crippen LogP) is 3.48. The van der Waals surface area contributed by atoms with Crippen molar-refractivity contribution in [1.82, 2.24) is 10.6 Å². The van der Waals surface area contributed by atoms with E-state index in [1.165, 1.54) is 0 Å². The summed E-state index contributed by atoms with van der Waals surface area (Å²) in [6, 6.07) is 6.20. The third-order valence-electron chi connectivity index (χ3n) is 6.99. The Morgan fingerprint density at radius 1 is 1.26 bits per heavy atom. The second kappa shape index (κ2) is 15.2. The molecule has 4 unspecified atom stereocenters. The van der Waals surface area contributed by atoms with Gasteiger partial charge in [0.25, 0.3) is 0 Å². The van der Waals surface area contributed by atoms with Crippen molar-refractivity contribution in [1.29, 1.82) is 0 Å². The largest absolute Gasteiger partial charge is 0.504 e. The maximum atomic E-state index is 10.4. The molecule has 0 aromatic heterocycles. The van der Waals surface area contributed by atoms with Gasteiger partial charge in [-0.05, 0) is 51.4 Å². The number of phenols is 1. The number of likely N-dealkylation sites (N-methyl/N-ethyl adjacent to an activating group) is 1. The number of aliphatic imine (C=N–C) groups is 1. The van der Waals surface area contributed by atoms with Crippen LogP contribution >= 0.6 is 0 Å². The van der Waals surface area contributed by atoms with Gasteiger partial charge in [-0.25, -0.2) is 0 Å². The minimum atomic E-state index is -0.370. The molecule has 0 radical (unpaired) electrons. The number of hydrogen-bond acceptors (Lipinski definition) is 8. The van der Waals surface area contributed by atoms with Gasteiger partial charge in [0.2, 0.25) is 0 Å². The third-order valence-corrected chi connectivity index (χ3v) is 6.99. The van der Waals surface area contributed by atoms with Crippen molar-refractivity contribution in [2.24, 2.45) is 10.9 Å². The van der Waals surface area contributed by atoms with E-state index in [2.05, 4.69) is 35.5 Å². The summed E-state index contributed by atoms with van der Waals surface area (Å²) in [6.07, 6.45) is 11.0. The van der Waals surface area contributed by atoms with Gasteiger partial charge in [-0.3, -0.25) is 5.32 Å². The molecular weight excluding hydrogens is 482 g/mol. The minimum absolute atomic E-state index is 0.0130. The summed E-state index contributed by atoms with van der Waals surface area (Å²) in [4.78, 5) is 4.59. The number of hydrogen-bond donors (Lipinski definition) is 5. The molecule has 0 saturated heterocycles. The Labute approximate surface area is 227 Å². The topological polar surface area (TPSA) is 116 Å². The van der Waals surface area contributed by atoms with Crippen LogP contribution < -0.4 is 15.4 Å². The van der Waals surface area contributed by atoms with E-state index in [0.29, 0.717) is 18.9 Å². The average molecular weight is 528 g/mol. The third kappa shape index (κ3) is 8.78. The van der Waals surface area contributed by atoms with Gasteiger partial charge >= 0.3 is 0 Å². The van der Waals surface area contributed by atoms with E-state index in [1.807, 2.05) is 31.5 Å². The Balaban J connectivity index is 1.52. The number of nitrogens with zero attached hydrogens (tertiary/aromatic N) is 1. The van der Waals surface area contributed by atoms with Gasteiger partial charge in [0.1, 0.15) is 18.2 Å². The first kappa shape index (κ1) is 30.1. The zero-order valence-electron chi connectivity index (χ0n) is 23.2. The quantitative estimate of drug-likeness (QED) is 0.197. The van der Waals surface area contributed by atoms with E-state index in [4.69, 9.17) is 9.47 Å². The van der Waals surface area contributed by atoms with Crippen LogP contribution in [-0.2, 0) is 11.2 Å². The van der Waals surface area contributed by atoms with Crippen LogP contribution in [0.3, 0.4) is 0 Å². The Hall–Kier alpha value is -2.49. The first-order valence-corrected chi connectivity index (χ1v) is 13.8. The van der Waals surface area contributed by atoms with Crippen molar-refractivity contribution in [2.45, 2.75) is 71.1 Å². The Bertz CT molecular complexity index is 961. The van der Waals surface area contributed by atoms with Gasteiger partial charge < -0.3 is 30.1 Å². The minimum Gasteiger partial charge on any atom is -0.504 e. The zero-order chi connectivity index (χ0) is 27.5. The van der Waals surface area contributed by atoms with E-state index < -0.39 is 0 Å². The highest BCUT2D eigenvalue weighted by molar-refractivity contribution is 5.84. The van der Waals surface area contributed by atoms with Crippen molar-refractivity contribution >= 4 is 6.21 Å². The summed E-state index contributed by atoms with van der Waals surface area (Å²) in [5.41, 5.74) is 3.12. The molecule has 0 amide bonds. The van der Waals surface area contributed by atoms with E-state index in [9.17, 15) is 15.3 Å². The monoisotopic (exact) mass is 527 g/mol. The Kier molecular flexibility index (Phi) is 12.0. The summed E-state index contributed by atoms with van der Waals surface area (Å²) in [6.45, 7) is 7.72. The van der Waals surface area contributed by atoms with Crippen LogP contribution in [0.2, 0.25) is 0 Å². The molecule has 38 heavy (non-hydrogen) atoms. The fourth-order valence-corrected chi connectivity index (χ4v) is 4.57. The lowest BCUT2D eigenvalue weighted by Crippen LogP contribution is -2.36. The molecule has 8 nitrogen and oxygen atoms in total. The highest BCUT2D eigenvalue weighted by Crippen LogP contribution is 2.33. The molecule has 2 aliphatic heterocycles. The summed E-state index contributed by atoms with van der Waals surface area (Å²) in [5, 5.41) is 36.0. The Morgan fingerprint density at radius 2 is 2.08 bits per heavy atom. The number of benzene rings is 1. The molecule has 2 aliphatic rings. The zero-order valence-corrected chi connectivity index (χ0v) is 23.2. The SMILES string of the molecule is CCCCC1O[C-](CCc2ccc(O)c(OCC(NC)[C+]3C=C(C(C)CNCC(C)O)C=N3)c2)C=C1CO. The molecule has 4 atom stereocenters. The van der Waals surface area contributed by atoms with Crippen molar-refractivity contribution in [3.63, 3.8) is 0 Å². The molecule has 2 heterocycles. The van der Waals surface area contributed by atoms with Crippen LogP contribution in [0.1, 0.15) is 52.0 Å². The number of nitrogens with one attached hydrogen (secondary N) is 2. The van der Waals surface area contributed by atoms with Crippen molar-refractivity contribution in [3.8, 4) is 11.5 Å². The normalized spacial score (nSPS) is 19.5. The van der Waals surface area contributed by atoms with Gasteiger partial charge in [-0.1, -0.05) is 38.4 Å². The first-order chi connectivity index (χ1) is 18.3. The summed E-state index contributed by atoms with van der Waals surface area (Å²) in [7, 11) is 1.87. The van der Waals surface area contributed by atoms with Gasteiger partial charge in [-0.15, -0.1) is 4.99 Å². The van der Waals surface area contributed by atoms with Crippen molar-refractivity contribution in [3.05, 3.63) is 59.2 Å². The fourth-order valence-electron chi connectivity index (χ4n) is 4.57. The number of aliphatic hydroxyl groups excluding tert-OH is 2. The van der Waals surface area contributed by atoms with Gasteiger partial charge in [0.05, 0.1) is 18.1 Å². The lowest BCUT2D eigenvalue weighted by Gasteiger charge is -2.24. The highest BCUT2D eigenvalue weighted by Gasteiger charge is 2.32. The summed E-state index contributed by atoms with van der Waals surface area (Å²) >= 11 is 0. The molecular formula is C30H45N3O5. The molecule has 1 aromatic carbocycles. The van der Waals surface area contributed by atoms with E-state index in [-0.39, 0.29) is 36.5 Å². The van der Waals surface area contributed by atoms with Crippen molar-refractivity contribution < 1.29 is 24.8 Å². The molecule has 0 spiro atoms. The number of unbranched alkanes of at least 4 members (excludes halogenated alkanes) is 1. The van der Waals surface area contributed by atoms with Crippen LogP contribution in [0.4, 0.5) is 0 Å². The number of rotatable bonds is 17. The van der Waals surface area contributed by atoms with Crippen LogP contribution in [0.15, 0.2) is 46.5 Å². The maximum absolute atomic E-state index is 10.4. The van der Waals surface area contributed by atoms with Crippen LogP contribution in [0.25, 0.3) is 0 Å². The number of aryl methyl sites for hydroxylation is 1. The first-order valence-electron chi connectivity index (χ1n) is 13.8. The average Bonchev–Trinajstić information content (AvgIpc) is 3.55. The number of ether oxygens (including phenoxy) is 2. The number of aromatic hydroxyl groups is 1. The smallest absolute Gasteiger partial charge is 0.176 e. The highest BCUT2D eigenvalue weighted by atomic mass is 16.5.